The Morgan fingerprint density at radius 1 is 1.29 bits per heavy atom. The Labute approximate surface area is 127 Å². The van der Waals surface area contributed by atoms with E-state index in [-0.39, 0.29) is 0 Å². The molecule has 0 saturated carbocycles. The third-order valence-corrected chi connectivity index (χ3v) is 4.27. The Morgan fingerprint density at radius 3 is 3.00 bits per heavy atom. The molecule has 0 bridgehead atoms. The Kier molecular flexibility index (Phi) is 4.71. The molecule has 1 aromatic heterocycles. The van der Waals surface area contributed by atoms with Gasteiger partial charge < -0.3 is 9.88 Å². The standard InChI is InChI=1S/C18H25N3/c1-2-12-21-17-11-7-6-10-16(17)20-18(21)14-19-13-15-8-4-3-5-9-15/h3-4,6-7,10-11,15,19H,2,5,8-9,12-14H2,1H3. The van der Waals surface area contributed by atoms with E-state index in [1.165, 1.54) is 30.6 Å². The maximum absolute atomic E-state index is 4.80. The molecule has 1 unspecified atom stereocenters. The lowest BCUT2D eigenvalue weighted by atomic mass is 9.94. The molecule has 0 saturated heterocycles. The number of hydrogen-bond acceptors (Lipinski definition) is 2. The van der Waals surface area contributed by atoms with Crippen molar-refractivity contribution < 1.29 is 0 Å². The Balaban J connectivity index is 1.67. The maximum Gasteiger partial charge on any atom is 0.123 e. The summed E-state index contributed by atoms with van der Waals surface area (Å²) in [7, 11) is 0. The minimum absolute atomic E-state index is 0.791. The second-order valence-corrected chi connectivity index (χ2v) is 5.95. The topological polar surface area (TPSA) is 29.9 Å². The van der Waals surface area contributed by atoms with Crippen LogP contribution < -0.4 is 5.32 Å². The van der Waals surface area contributed by atoms with Crippen LogP contribution in [0, 0.1) is 5.92 Å². The van der Waals surface area contributed by atoms with Gasteiger partial charge in [0, 0.05) is 6.54 Å². The minimum atomic E-state index is 0.791. The van der Waals surface area contributed by atoms with Gasteiger partial charge in [-0.15, -0.1) is 0 Å². The number of nitrogens with zero attached hydrogens (tertiary/aromatic N) is 2. The molecular weight excluding hydrogens is 258 g/mol. The summed E-state index contributed by atoms with van der Waals surface area (Å²) >= 11 is 0. The first kappa shape index (κ1) is 14.3. The van der Waals surface area contributed by atoms with Crippen molar-refractivity contribution in [2.45, 2.75) is 45.7 Å². The highest BCUT2D eigenvalue weighted by Crippen LogP contribution is 2.18. The highest BCUT2D eigenvalue weighted by molar-refractivity contribution is 5.75. The number of benzene rings is 1. The van der Waals surface area contributed by atoms with Crippen LogP contribution in [0.4, 0.5) is 0 Å². The van der Waals surface area contributed by atoms with E-state index in [1.54, 1.807) is 0 Å². The normalized spacial score (nSPS) is 18.4. The average molecular weight is 283 g/mol. The van der Waals surface area contributed by atoms with Gasteiger partial charge in [-0.2, -0.15) is 0 Å². The molecule has 1 atom stereocenters. The number of imidazole rings is 1. The number of aromatic nitrogens is 2. The number of nitrogens with one attached hydrogen (secondary N) is 1. The summed E-state index contributed by atoms with van der Waals surface area (Å²) in [6, 6.07) is 8.45. The van der Waals surface area contributed by atoms with Gasteiger partial charge in [0.1, 0.15) is 5.82 Å². The Morgan fingerprint density at radius 2 is 2.19 bits per heavy atom. The zero-order valence-corrected chi connectivity index (χ0v) is 12.9. The number of para-hydroxylation sites is 2. The first-order valence-corrected chi connectivity index (χ1v) is 8.18. The first-order valence-electron chi connectivity index (χ1n) is 8.18. The van der Waals surface area contributed by atoms with Gasteiger partial charge in [0.25, 0.3) is 0 Å². The maximum atomic E-state index is 4.80. The molecule has 2 aromatic rings. The van der Waals surface area contributed by atoms with Crippen LogP contribution in [0.1, 0.15) is 38.4 Å². The fourth-order valence-electron chi connectivity index (χ4n) is 3.16. The fourth-order valence-corrected chi connectivity index (χ4v) is 3.16. The van der Waals surface area contributed by atoms with Gasteiger partial charge in [0.15, 0.2) is 0 Å². The number of aryl methyl sites for hydroxylation is 1. The molecule has 21 heavy (non-hydrogen) atoms. The second-order valence-electron chi connectivity index (χ2n) is 5.95. The SMILES string of the molecule is CCCn1c(CNCC2CC=CCC2)nc2ccccc21. The van der Waals surface area contributed by atoms with Crippen LogP contribution in [0.25, 0.3) is 11.0 Å². The van der Waals surface area contributed by atoms with Crippen LogP contribution in [-0.4, -0.2) is 16.1 Å². The second kappa shape index (κ2) is 6.90. The van der Waals surface area contributed by atoms with Crippen molar-refractivity contribution in [2.75, 3.05) is 6.54 Å². The van der Waals surface area contributed by atoms with Gasteiger partial charge in [-0.1, -0.05) is 31.2 Å². The molecule has 3 nitrogen and oxygen atoms in total. The van der Waals surface area contributed by atoms with Crippen molar-refractivity contribution in [1.29, 1.82) is 0 Å². The highest BCUT2D eigenvalue weighted by Gasteiger charge is 2.12. The summed E-state index contributed by atoms with van der Waals surface area (Å²) in [5.41, 5.74) is 2.38. The van der Waals surface area contributed by atoms with E-state index in [9.17, 15) is 0 Å². The Hall–Kier alpha value is -1.61. The molecule has 0 spiro atoms. The van der Waals surface area contributed by atoms with Crippen molar-refractivity contribution in [2.24, 2.45) is 5.92 Å². The Bertz CT molecular complexity index is 612. The van der Waals surface area contributed by atoms with Gasteiger partial charge >= 0.3 is 0 Å². The van der Waals surface area contributed by atoms with Gasteiger partial charge in [-0.25, -0.2) is 4.98 Å². The van der Waals surface area contributed by atoms with Crippen LogP contribution in [0.15, 0.2) is 36.4 Å². The first-order chi connectivity index (χ1) is 10.4. The number of rotatable bonds is 6. The largest absolute Gasteiger partial charge is 0.327 e. The van der Waals surface area contributed by atoms with Crippen LogP contribution in [0.5, 0.6) is 0 Å². The quantitative estimate of drug-likeness (QED) is 0.815. The van der Waals surface area contributed by atoms with E-state index >= 15 is 0 Å². The van der Waals surface area contributed by atoms with Crippen LogP contribution in [0.2, 0.25) is 0 Å². The summed E-state index contributed by atoms with van der Waals surface area (Å²) in [6.07, 6.45) is 9.54. The van der Waals surface area contributed by atoms with Gasteiger partial charge in [0.05, 0.1) is 17.6 Å². The number of fused-ring (bicyclic) bond motifs is 1. The van der Waals surface area contributed by atoms with E-state index in [4.69, 9.17) is 4.98 Å². The van der Waals surface area contributed by atoms with E-state index < -0.39 is 0 Å². The molecule has 112 valence electrons. The average Bonchev–Trinajstić information content (AvgIpc) is 2.87. The summed E-state index contributed by atoms with van der Waals surface area (Å²) in [5, 5.41) is 3.61. The van der Waals surface area contributed by atoms with Crippen LogP contribution in [0.3, 0.4) is 0 Å². The van der Waals surface area contributed by atoms with E-state index in [0.717, 1.165) is 37.5 Å². The predicted octanol–water partition coefficient (Wildman–Crippen LogP) is 3.89. The molecule has 3 heteroatoms. The smallest absolute Gasteiger partial charge is 0.123 e. The van der Waals surface area contributed by atoms with Gasteiger partial charge in [-0.05, 0) is 50.3 Å². The third kappa shape index (κ3) is 3.35. The van der Waals surface area contributed by atoms with Crippen molar-refractivity contribution in [3.05, 3.63) is 42.2 Å². The molecule has 0 radical (unpaired) electrons. The van der Waals surface area contributed by atoms with E-state index in [1.807, 2.05) is 0 Å². The highest BCUT2D eigenvalue weighted by atomic mass is 15.1. The summed E-state index contributed by atoms with van der Waals surface area (Å²) in [6.45, 7) is 5.23. The van der Waals surface area contributed by atoms with Crippen molar-refractivity contribution in [3.63, 3.8) is 0 Å². The summed E-state index contributed by atoms with van der Waals surface area (Å²) in [4.78, 5) is 4.80. The summed E-state index contributed by atoms with van der Waals surface area (Å²) in [5.74, 6) is 1.96. The van der Waals surface area contributed by atoms with Gasteiger partial charge in [0.2, 0.25) is 0 Å². The molecule has 1 N–H and O–H groups in total. The van der Waals surface area contributed by atoms with E-state index in [0.29, 0.717) is 0 Å². The van der Waals surface area contributed by atoms with Crippen molar-refractivity contribution >= 4 is 11.0 Å². The lowest BCUT2D eigenvalue weighted by molar-refractivity contribution is 0.434. The lowest BCUT2D eigenvalue weighted by Crippen LogP contribution is -2.24. The molecule has 0 amide bonds. The molecule has 1 heterocycles. The van der Waals surface area contributed by atoms with Crippen molar-refractivity contribution in [1.82, 2.24) is 14.9 Å². The molecule has 1 aliphatic carbocycles. The monoisotopic (exact) mass is 283 g/mol. The summed E-state index contributed by atoms with van der Waals surface area (Å²) < 4.78 is 2.36. The van der Waals surface area contributed by atoms with Crippen molar-refractivity contribution in [3.8, 4) is 0 Å². The van der Waals surface area contributed by atoms with Gasteiger partial charge in [-0.3, -0.25) is 0 Å². The molecule has 0 fully saturated rings. The lowest BCUT2D eigenvalue weighted by Gasteiger charge is -2.18. The number of hydrogen-bond donors (Lipinski definition) is 1. The van der Waals surface area contributed by atoms with Crippen LogP contribution in [-0.2, 0) is 13.1 Å². The zero-order valence-electron chi connectivity index (χ0n) is 12.9. The number of allylic oxidation sites excluding steroid dienone is 2. The van der Waals surface area contributed by atoms with E-state index in [2.05, 4.69) is 53.2 Å². The third-order valence-electron chi connectivity index (χ3n) is 4.27. The molecule has 0 aliphatic heterocycles. The zero-order chi connectivity index (χ0) is 14.5. The molecular formula is C18H25N3. The predicted molar refractivity (Wildman–Crippen MR) is 88.2 cm³/mol. The molecule has 1 aliphatic rings. The van der Waals surface area contributed by atoms with Crippen LogP contribution >= 0.6 is 0 Å². The minimum Gasteiger partial charge on any atom is -0.327 e. The molecule has 1 aromatic carbocycles. The molecule has 3 rings (SSSR count). The fraction of sp³-hybridized carbons (Fsp3) is 0.500.